The summed E-state index contributed by atoms with van der Waals surface area (Å²) in [6.45, 7) is 4.10. The molecule has 0 aliphatic heterocycles. The van der Waals surface area contributed by atoms with Gasteiger partial charge in [-0.15, -0.1) is 0 Å². The van der Waals surface area contributed by atoms with E-state index in [4.69, 9.17) is 0 Å². The number of aromatic amines is 1. The van der Waals surface area contributed by atoms with Gasteiger partial charge < -0.3 is 0 Å². The Kier molecular flexibility index (Phi) is 3.43. The minimum Gasteiger partial charge on any atom is -0.268 e. The summed E-state index contributed by atoms with van der Waals surface area (Å²) in [7, 11) is 0. The van der Waals surface area contributed by atoms with Gasteiger partial charge in [-0.3, -0.25) is 4.79 Å². The maximum Gasteiger partial charge on any atom is 0.268 e. The van der Waals surface area contributed by atoms with Crippen molar-refractivity contribution in [2.24, 2.45) is 0 Å². The first kappa shape index (κ1) is 12.0. The molecule has 88 valence electrons. The summed E-state index contributed by atoms with van der Waals surface area (Å²) in [5.74, 6) is 0. The third kappa shape index (κ3) is 2.47. The smallest absolute Gasteiger partial charge is 0.268 e. The SMILES string of the molecule is Cc1ccc(-c2cc(CBr)c(=O)[nH]n2)c(C)c1. The molecule has 0 saturated heterocycles. The first-order chi connectivity index (χ1) is 8.11. The largest absolute Gasteiger partial charge is 0.268 e. The molecule has 0 saturated carbocycles. The zero-order valence-corrected chi connectivity index (χ0v) is 11.3. The molecule has 0 atom stereocenters. The topological polar surface area (TPSA) is 45.8 Å². The summed E-state index contributed by atoms with van der Waals surface area (Å²) in [6.07, 6.45) is 0. The second kappa shape index (κ2) is 4.84. The first-order valence-corrected chi connectivity index (χ1v) is 6.46. The van der Waals surface area contributed by atoms with Crippen LogP contribution in [0.1, 0.15) is 16.7 Å². The number of benzene rings is 1. The fraction of sp³-hybridized carbons (Fsp3) is 0.231. The molecule has 0 unspecified atom stereocenters. The maximum atomic E-state index is 11.4. The molecule has 0 fully saturated rings. The molecule has 0 spiro atoms. The molecular weight excluding hydrogens is 280 g/mol. The third-order valence-corrected chi connectivity index (χ3v) is 3.29. The van der Waals surface area contributed by atoms with E-state index in [0.29, 0.717) is 10.9 Å². The lowest BCUT2D eigenvalue weighted by atomic mass is 10.0. The van der Waals surface area contributed by atoms with Gasteiger partial charge in [-0.2, -0.15) is 5.10 Å². The number of H-pyrrole nitrogens is 1. The molecule has 1 aromatic carbocycles. The molecule has 1 heterocycles. The number of hydrogen-bond donors (Lipinski definition) is 1. The Balaban J connectivity index is 2.57. The van der Waals surface area contributed by atoms with Crippen molar-refractivity contribution in [3.8, 4) is 11.3 Å². The monoisotopic (exact) mass is 292 g/mol. The van der Waals surface area contributed by atoms with Crippen molar-refractivity contribution in [2.75, 3.05) is 0 Å². The normalized spacial score (nSPS) is 10.5. The molecule has 4 heteroatoms. The third-order valence-electron chi connectivity index (χ3n) is 2.68. The van der Waals surface area contributed by atoms with Crippen molar-refractivity contribution < 1.29 is 0 Å². The lowest BCUT2D eigenvalue weighted by Crippen LogP contribution is -2.13. The molecule has 1 N–H and O–H groups in total. The summed E-state index contributed by atoms with van der Waals surface area (Å²) >= 11 is 3.30. The van der Waals surface area contributed by atoms with E-state index in [-0.39, 0.29) is 5.56 Å². The number of hydrogen-bond acceptors (Lipinski definition) is 2. The van der Waals surface area contributed by atoms with Gasteiger partial charge in [-0.05, 0) is 25.5 Å². The van der Waals surface area contributed by atoms with Crippen LogP contribution in [-0.4, -0.2) is 10.2 Å². The summed E-state index contributed by atoms with van der Waals surface area (Å²) < 4.78 is 0. The van der Waals surface area contributed by atoms with Gasteiger partial charge >= 0.3 is 0 Å². The van der Waals surface area contributed by atoms with Crippen LogP contribution in [0.5, 0.6) is 0 Å². The Morgan fingerprint density at radius 3 is 2.71 bits per heavy atom. The molecule has 2 aromatic rings. The number of aromatic nitrogens is 2. The van der Waals surface area contributed by atoms with Crippen molar-refractivity contribution in [3.05, 3.63) is 51.3 Å². The van der Waals surface area contributed by atoms with E-state index in [2.05, 4.69) is 39.1 Å². The number of nitrogens with one attached hydrogen (secondary N) is 1. The second-order valence-corrected chi connectivity index (χ2v) is 4.62. The minimum absolute atomic E-state index is 0.143. The molecule has 0 bridgehead atoms. The average Bonchev–Trinajstić information content (AvgIpc) is 2.30. The minimum atomic E-state index is -0.143. The Labute approximate surface area is 108 Å². The van der Waals surface area contributed by atoms with Gasteiger partial charge in [0.1, 0.15) is 0 Å². The van der Waals surface area contributed by atoms with Crippen molar-refractivity contribution in [1.29, 1.82) is 0 Å². The number of halogens is 1. The number of aryl methyl sites for hydroxylation is 2. The van der Waals surface area contributed by atoms with Crippen molar-refractivity contribution in [1.82, 2.24) is 10.2 Å². The highest BCUT2D eigenvalue weighted by molar-refractivity contribution is 9.08. The van der Waals surface area contributed by atoms with Gasteiger partial charge in [0.2, 0.25) is 0 Å². The lowest BCUT2D eigenvalue weighted by Gasteiger charge is -2.06. The number of rotatable bonds is 2. The van der Waals surface area contributed by atoms with Crippen LogP contribution in [0.15, 0.2) is 29.1 Å². The Morgan fingerprint density at radius 2 is 2.06 bits per heavy atom. The maximum absolute atomic E-state index is 11.4. The summed E-state index contributed by atoms with van der Waals surface area (Å²) in [4.78, 5) is 11.4. The van der Waals surface area contributed by atoms with Crippen molar-refractivity contribution >= 4 is 15.9 Å². The zero-order chi connectivity index (χ0) is 12.4. The van der Waals surface area contributed by atoms with E-state index in [1.165, 1.54) is 5.56 Å². The van der Waals surface area contributed by atoms with Crippen LogP contribution < -0.4 is 5.56 Å². The molecule has 0 aliphatic carbocycles. The van der Waals surface area contributed by atoms with Crippen molar-refractivity contribution in [3.63, 3.8) is 0 Å². The van der Waals surface area contributed by atoms with Gasteiger partial charge in [0.15, 0.2) is 0 Å². The quantitative estimate of drug-likeness (QED) is 0.865. The summed E-state index contributed by atoms with van der Waals surface area (Å²) in [5, 5.41) is 7.14. The highest BCUT2D eigenvalue weighted by Gasteiger charge is 2.06. The standard InChI is InChI=1S/C13H13BrN2O/c1-8-3-4-11(9(2)5-8)12-6-10(7-14)13(17)16-15-12/h3-6H,7H2,1-2H3,(H,16,17). The fourth-order valence-electron chi connectivity index (χ4n) is 1.78. The van der Waals surface area contributed by atoms with Crippen LogP contribution >= 0.6 is 15.9 Å². The van der Waals surface area contributed by atoms with Crippen molar-refractivity contribution in [2.45, 2.75) is 19.2 Å². The van der Waals surface area contributed by atoms with E-state index in [9.17, 15) is 4.79 Å². The molecule has 17 heavy (non-hydrogen) atoms. The van der Waals surface area contributed by atoms with Crippen LogP contribution in [0.4, 0.5) is 0 Å². The number of alkyl halides is 1. The van der Waals surface area contributed by atoms with E-state index in [0.717, 1.165) is 16.8 Å². The number of nitrogens with zero attached hydrogens (tertiary/aromatic N) is 1. The van der Waals surface area contributed by atoms with Crippen LogP contribution in [0.3, 0.4) is 0 Å². The highest BCUT2D eigenvalue weighted by atomic mass is 79.9. The predicted octanol–water partition coefficient (Wildman–Crippen LogP) is 2.95. The van der Waals surface area contributed by atoms with Crippen LogP contribution in [0.2, 0.25) is 0 Å². The Bertz CT molecular complexity index is 605. The van der Waals surface area contributed by atoms with E-state index >= 15 is 0 Å². The Hall–Kier alpha value is -1.42. The van der Waals surface area contributed by atoms with E-state index in [1.54, 1.807) is 0 Å². The van der Waals surface area contributed by atoms with Gasteiger partial charge in [0.05, 0.1) is 5.69 Å². The van der Waals surface area contributed by atoms with Crippen LogP contribution in [0.25, 0.3) is 11.3 Å². The zero-order valence-electron chi connectivity index (χ0n) is 9.75. The molecule has 1 aromatic heterocycles. The lowest BCUT2D eigenvalue weighted by molar-refractivity contribution is 0.972. The van der Waals surface area contributed by atoms with E-state index in [1.807, 2.05) is 25.1 Å². The highest BCUT2D eigenvalue weighted by Crippen LogP contribution is 2.22. The molecule has 0 aliphatic rings. The van der Waals surface area contributed by atoms with Gasteiger partial charge in [-0.1, -0.05) is 39.7 Å². The summed E-state index contributed by atoms with van der Waals surface area (Å²) in [6, 6.07) is 8.01. The van der Waals surface area contributed by atoms with Crippen LogP contribution in [0, 0.1) is 13.8 Å². The van der Waals surface area contributed by atoms with E-state index < -0.39 is 0 Å². The molecule has 0 radical (unpaired) electrons. The molecule has 0 amide bonds. The van der Waals surface area contributed by atoms with Gasteiger partial charge in [0.25, 0.3) is 5.56 Å². The second-order valence-electron chi connectivity index (χ2n) is 4.06. The fourth-order valence-corrected chi connectivity index (χ4v) is 2.20. The summed E-state index contributed by atoms with van der Waals surface area (Å²) in [5.41, 5.74) is 4.78. The average molecular weight is 293 g/mol. The van der Waals surface area contributed by atoms with Gasteiger partial charge in [-0.25, -0.2) is 5.10 Å². The predicted molar refractivity (Wildman–Crippen MR) is 72.4 cm³/mol. The first-order valence-electron chi connectivity index (χ1n) is 5.34. The molecule has 3 nitrogen and oxygen atoms in total. The molecule has 2 rings (SSSR count). The molecular formula is C13H13BrN2O. The Morgan fingerprint density at radius 1 is 1.29 bits per heavy atom. The van der Waals surface area contributed by atoms with Crippen LogP contribution in [-0.2, 0) is 5.33 Å². The van der Waals surface area contributed by atoms with Gasteiger partial charge in [0, 0.05) is 16.5 Å².